The molecule has 19 heavy (non-hydrogen) atoms. The Morgan fingerprint density at radius 2 is 2.26 bits per heavy atom. The van der Waals surface area contributed by atoms with Crippen molar-refractivity contribution in [3.05, 3.63) is 46.0 Å². The summed E-state index contributed by atoms with van der Waals surface area (Å²) in [6, 6.07) is 7.60. The minimum absolute atomic E-state index is 0.240. The molecule has 0 fully saturated rings. The summed E-state index contributed by atoms with van der Waals surface area (Å²) < 4.78 is 5.46. The summed E-state index contributed by atoms with van der Waals surface area (Å²) in [6.07, 6.45) is 0. The van der Waals surface area contributed by atoms with Gasteiger partial charge in [0.2, 0.25) is 0 Å². The summed E-state index contributed by atoms with van der Waals surface area (Å²) >= 11 is 1.74. The molecule has 0 aliphatic heterocycles. The topological polar surface area (TPSA) is 71.5 Å². The number of furan rings is 1. The standard InChI is InChI=1S/C13H17N3O2S/c1-2-16(9-11-4-3-7-19-11)8-10-5-6-12(18-10)13(17)15-14/h3-7H,2,8-9,14H2,1H3,(H,15,17). The molecule has 0 saturated heterocycles. The first kappa shape index (κ1) is 13.8. The van der Waals surface area contributed by atoms with Crippen LogP contribution in [0.4, 0.5) is 0 Å². The second-order valence-corrected chi connectivity index (χ2v) is 5.15. The minimum Gasteiger partial charge on any atom is -0.455 e. The van der Waals surface area contributed by atoms with E-state index in [2.05, 4.69) is 28.7 Å². The molecule has 0 atom stereocenters. The molecule has 0 aromatic carbocycles. The predicted molar refractivity (Wildman–Crippen MR) is 74.5 cm³/mol. The molecular formula is C13H17N3O2S. The maximum Gasteiger partial charge on any atom is 0.300 e. The van der Waals surface area contributed by atoms with Gasteiger partial charge in [-0.05, 0) is 30.1 Å². The van der Waals surface area contributed by atoms with Gasteiger partial charge in [-0.25, -0.2) is 5.84 Å². The van der Waals surface area contributed by atoms with Crippen LogP contribution < -0.4 is 11.3 Å². The number of nitrogen functional groups attached to an aromatic ring is 1. The van der Waals surface area contributed by atoms with Crippen LogP contribution in [0.15, 0.2) is 34.1 Å². The summed E-state index contributed by atoms with van der Waals surface area (Å²) in [5.41, 5.74) is 2.05. The van der Waals surface area contributed by atoms with E-state index >= 15 is 0 Å². The molecule has 3 N–H and O–H groups in total. The second-order valence-electron chi connectivity index (χ2n) is 4.12. The van der Waals surface area contributed by atoms with Gasteiger partial charge in [-0.1, -0.05) is 13.0 Å². The lowest BCUT2D eigenvalue weighted by Crippen LogP contribution is -2.29. The highest BCUT2D eigenvalue weighted by atomic mass is 32.1. The van der Waals surface area contributed by atoms with Crippen LogP contribution in [0.5, 0.6) is 0 Å². The highest BCUT2D eigenvalue weighted by molar-refractivity contribution is 7.09. The molecule has 0 aliphatic rings. The summed E-state index contributed by atoms with van der Waals surface area (Å²) in [7, 11) is 0. The van der Waals surface area contributed by atoms with Crippen molar-refractivity contribution >= 4 is 17.2 Å². The first-order valence-electron chi connectivity index (χ1n) is 6.07. The fraction of sp³-hybridized carbons (Fsp3) is 0.308. The normalized spacial score (nSPS) is 10.9. The Kier molecular flexibility index (Phi) is 4.73. The minimum atomic E-state index is -0.410. The quantitative estimate of drug-likeness (QED) is 0.482. The first-order valence-corrected chi connectivity index (χ1v) is 6.95. The van der Waals surface area contributed by atoms with Crippen molar-refractivity contribution in [2.24, 2.45) is 5.84 Å². The van der Waals surface area contributed by atoms with Crippen LogP contribution in [0.2, 0.25) is 0 Å². The van der Waals surface area contributed by atoms with E-state index in [1.807, 2.05) is 12.1 Å². The van der Waals surface area contributed by atoms with Crippen LogP contribution in [-0.2, 0) is 13.1 Å². The van der Waals surface area contributed by atoms with Crippen molar-refractivity contribution in [1.82, 2.24) is 10.3 Å². The lowest BCUT2D eigenvalue weighted by Gasteiger charge is -2.17. The van der Waals surface area contributed by atoms with Crippen LogP contribution in [-0.4, -0.2) is 17.4 Å². The Hall–Kier alpha value is -1.63. The number of carbonyl (C=O) groups is 1. The van der Waals surface area contributed by atoms with Gasteiger partial charge >= 0.3 is 5.91 Å². The van der Waals surface area contributed by atoms with E-state index in [-0.39, 0.29) is 5.76 Å². The molecule has 0 unspecified atom stereocenters. The molecule has 2 aromatic rings. The molecule has 6 heteroatoms. The molecule has 2 aromatic heterocycles. The van der Waals surface area contributed by atoms with Gasteiger partial charge in [0.1, 0.15) is 5.76 Å². The third-order valence-electron chi connectivity index (χ3n) is 2.80. The van der Waals surface area contributed by atoms with Gasteiger partial charge in [0, 0.05) is 11.4 Å². The number of rotatable bonds is 6. The van der Waals surface area contributed by atoms with E-state index in [9.17, 15) is 4.79 Å². The van der Waals surface area contributed by atoms with E-state index in [0.717, 1.165) is 18.8 Å². The monoisotopic (exact) mass is 279 g/mol. The van der Waals surface area contributed by atoms with E-state index in [0.29, 0.717) is 6.54 Å². The van der Waals surface area contributed by atoms with Crippen molar-refractivity contribution < 1.29 is 9.21 Å². The number of hydrazine groups is 1. The summed E-state index contributed by atoms with van der Waals surface area (Å²) in [5.74, 6) is 5.65. The van der Waals surface area contributed by atoms with E-state index in [4.69, 9.17) is 10.3 Å². The number of carbonyl (C=O) groups excluding carboxylic acids is 1. The number of amides is 1. The average Bonchev–Trinajstić information content (AvgIpc) is 3.08. The van der Waals surface area contributed by atoms with Crippen molar-refractivity contribution in [1.29, 1.82) is 0 Å². The molecular weight excluding hydrogens is 262 g/mol. The SMILES string of the molecule is CCN(Cc1ccc(C(=O)NN)o1)Cc1cccs1. The number of hydrogen-bond donors (Lipinski definition) is 2. The van der Waals surface area contributed by atoms with Crippen molar-refractivity contribution in [2.75, 3.05) is 6.54 Å². The van der Waals surface area contributed by atoms with Gasteiger partial charge in [0.05, 0.1) is 6.54 Å². The highest BCUT2D eigenvalue weighted by Crippen LogP contribution is 2.15. The molecule has 2 rings (SSSR count). The molecule has 0 spiro atoms. The zero-order valence-corrected chi connectivity index (χ0v) is 11.6. The molecule has 0 radical (unpaired) electrons. The fourth-order valence-electron chi connectivity index (χ4n) is 1.78. The lowest BCUT2D eigenvalue weighted by molar-refractivity contribution is 0.0922. The predicted octanol–water partition coefficient (Wildman–Crippen LogP) is 1.97. The second kappa shape index (κ2) is 6.51. The maximum absolute atomic E-state index is 11.3. The zero-order valence-electron chi connectivity index (χ0n) is 10.8. The van der Waals surface area contributed by atoms with Gasteiger partial charge in [-0.2, -0.15) is 0 Å². The molecule has 102 valence electrons. The smallest absolute Gasteiger partial charge is 0.300 e. The molecule has 5 nitrogen and oxygen atoms in total. The van der Waals surface area contributed by atoms with Gasteiger partial charge in [0.25, 0.3) is 0 Å². The number of nitrogens with one attached hydrogen (secondary N) is 1. The molecule has 1 amide bonds. The van der Waals surface area contributed by atoms with Crippen LogP contribution in [0, 0.1) is 0 Å². The largest absolute Gasteiger partial charge is 0.455 e. The fourth-order valence-corrected chi connectivity index (χ4v) is 2.53. The van der Waals surface area contributed by atoms with Gasteiger partial charge in [0.15, 0.2) is 5.76 Å². The molecule has 0 aliphatic carbocycles. The third kappa shape index (κ3) is 3.66. The zero-order chi connectivity index (χ0) is 13.7. The van der Waals surface area contributed by atoms with Crippen LogP contribution in [0.3, 0.4) is 0 Å². The summed E-state index contributed by atoms with van der Waals surface area (Å²) in [4.78, 5) is 14.9. The van der Waals surface area contributed by atoms with Crippen LogP contribution in [0.25, 0.3) is 0 Å². The van der Waals surface area contributed by atoms with Crippen molar-refractivity contribution in [3.8, 4) is 0 Å². The Balaban J connectivity index is 1.98. The Labute approximate surface area is 116 Å². The number of hydrogen-bond acceptors (Lipinski definition) is 5. The lowest BCUT2D eigenvalue weighted by atomic mass is 10.3. The highest BCUT2D eigenvalue weighted by Gasteiger charge is 2.12. The Bertz CT molecular complexity index is 522. The average molecular weight is 279 g/mol. The van der Waals surface area contributed by atoms with E-state index in [1.54, 1.807) is 17.4 Å². The first-order chi connectivity index (χ1) is 9.22. The van der Waals surface area contributed by atoms with E-state index in [1.165, 1.54) is 4.88 Å². The number of nitrogens with zero attached hydrogens (tertiary/aromatic N) is 1. The summed E-state index contributed by atoms with van der Waals surface area (Å²) in [6.45, 7) is 4.57. The van der Waals surface area contributed by atoms with Gasteiger partial charge in [-0.15, -0.1) is 11.3 Å². The Morgan fingerprint density at radius 1 is 1.42 bits per heavy atom. The van der Waals surface area contributed by atoms with Crippen molar-refractivity contribution in [3.63, 3.8) is 0 Å². The molecule has 0 saturated carbocycles. The van der Waals surface area contributed by atoms with Crippen LogP contribution >= 0.6 is 11.3 Å². The van der Waals surface area contributed by atoms with E-state index < -0.39 is 5.91 Å². The molecule has 0 bridgehead atoms. The maximum atomic E-state index is 11.3. The molecule has 2 heterocycles. The van der Waals surface area contributed by atoms with Gasteiger partial charge < -0.3 is 4.42 Å². The Morgan fingerprint density at radius 3 is 2.89 bits per heavy atom. The number of nitrogens with two attached hydrogens (primary N) is 1. The number of thiophene rings is 1. The van der Waals surface area contributed by atoms with Gasteiger partial charge in [-0.3, -0.25) is 15.1 Å². The van der Waals surface area contributed by atoms with Crippen LogP contribution in [0.1, 0.15) is 28.1 Å². The van der Waals surface area contributed by atoms with Crippen molar-refractivity contribution in [2.45, 2.75) is 20.0 Å². The third-order valence-corrected chi connectivity index (χ3v) is 3.66. The summed E-state index contributed by atoms with van der Waals surface area (Å²) in [5, 5.41) is 2.07.